The fourth-order valence-electron chi connectivity index (χ4n) is 4.85. The number of nitrogens with one attached hydrogen (secondary N) is 1. The topological polar surface area (TPSA) is 88.3 Å². The second-order valence-corrected chi connectivity index (χ2v) is 8.74. The molecule has 1 aliphatic heterocycles. The van der Waals surface area contributed by atoms with Crippen LogP contribution in [0.25, 0.3) is 0 Å². The molecule has 0 radical (unpaired) electrons. The zero-order chi connectivity index (χ0) is 21.0. The summed E-state index contributed by atoms with van der Waals surface area (Å²) in [6.45, 7) is 3.70. The molecule has 0 atom stereocenters. The maximum Gasteiger partial charge on any atom is 0.254 e. The highest BCUT2D eigenvalue weighted by Gasteiger charge is 2.39. The molecule has 4 rings (SSSR count). The van der Waals surface area contributed by atoms with Crippen molar-refractivity contribution in [1.29, 1.82) is 0 Å². The Hall–Kier alpha value is -2.70. The number of hydrogen-bond donors (Lipinski definition) is 1. The molecule has 1 aromatic carbocycles. The summed E-state index contributed by atoms with van der Waals surface area (Å²) in [5.41, 5.74) is 1.78. The van der Waals surface area contributed by atoms with Gasteiger partial charge in [-0.25, -0.2) is 0 Å². The third-order valence-electron chi connectivity index (χ3n) is 6.33. The molecule has 2 aliphatic rings. The van der Waals surface area contributed by atoms with Gasteiger partial charge in [-0.3, -0.25) is 9.59 Å². The van der Waals surface area contributed by atoms with Gasteiger partial charge in [0.2, 0.25) is 11.8 Å². The van der Waals surface area contributed by atoms with Gasteiger partial charge in [-0.15, -0.1) is 0 Å². The van der Waals surface area contributed by atoms with Crippen molar-refractivity contribution in [2.45, 2.75) is 64.8 Å². The Morgan fingerprint density at radius 2 is 2.03 bits per heavy atom. The first kappa shape index (κ1) is 20.6. The van der Waals surface area contributed by atoms with E-state index in [1.54, 1.807) is 6.92 Å². The Morgan fingerprint density at radius 1 is 1.23 bits per heavy atom. The minimum Gasteiger partial charge on any atom is -0.356 e. The van der Waals surface area contributed by atoms with Crippen molar-refractivity contribution in [2.24, 2.45) is 5.41 Å². The van der Waals surface area contributed by atoms with Crippen LogP contribution in [0.4, 0.5) is 0 Å². The van der Waals surface area contributed by atoms with Crippen molar-refractivity contribution in [1.82, 2.24) is 20.4 Å². The van der Waals surface area contributed by atoms with Crippen LogP contribution in [0.2, 0.25) is 0 Å². The lowest BCUT2D eigenvalue weighted by Gasteiger charge is -2.39. The summed E-state index contributed by atoms with van der Waals surface area (Å²) >= 11 is 0. The molecule has 0 unspecified atom stereocenters. The number of fused-ring (bicyclic) bond motifs is 1. The molecule has 2 amide bonds. The number of aromatic nitrogens is 2. The number of nitrogens with zero attached hydrogens (tertiary/aromatic N) is 3. The van der Waals surface area contributed by atoms with Crippen LogP contribution in [0.1, 0.15) is 72.6 Å². The van der Waals surface area contributed by atoms with E-state index in [-0.39, 0.29) is 17.2 Å². The fourth-order valence-corrected chi connectivity index (χ4v) is 4.85. The normalized spacial score (nSPS) is 17.8. The van der Waals surface area contributed by atoms with Gasteiger partial charge >= 0.3 is 0 Å². The molecule has 2 aromatic rings. The van der Waals surface area contributed by atoms with E-state index in [9.17, 15) is 9.59 Å². The van der Waals surface area contributed by atoms with Crippen LogP contribution in [-0.4, -0.2) is 39.9 Å². The standard InChI is InChI=1S/C23H30N4O3/c1-17-25-21(30-26-17)10-7-13-24-20(28)14-23(11-5-2-6-12-23)16-27-15-18-8-3-4-9-19(18)22(27)29/h3-4,8-9H,2,5-7,10-16H2,1H3,(H,24,28). The predicted octanol–water partition coefficient (Wildman–Crippen LogP) is 3.42. The molecular weight excluding hydrogens is 380 g/mol. The molecule has 0 bridgehead atoms. The fraction of sp³-hybridized carbons (Fsp3) is 0.565. The molecule has 1 aromatic heterocycles. The lowest BCUT2D eigenvalue weighted by molar-refractivity contribution is -0.124. The van der Waals surface area contributed by atoms with E-state index in [1.807, 2.05) is 29.2 Å². The Labute approximate surface area is 177 Å². The van der Waals surface area contributed by atoms with E-state index < -0.39 is 0 Å². The summed E-state index contributed by atoms with van der Waals surface area (Å²) in [6.07, 6.45) is 7.36. The molecule has 1 fully saturated rings. The molecule has 7 nitrogen and oxygen atoms in total. The number of aryl methyl sites for hydroxylation is 2. The highest BCUT2D eigenvalue weighted by molar-refractivity contribution is 5.98. The molecule has 0 spiro atoms. The first-order chi connectivity index (χ1) is 14.5. The number of amides is 2. The first-order valence-corrected chi connectivity index (χ1v) is 11.0. The molecule has 1 aliphatic carbocycles. The maximum atomic E-state index is 12.9. The van der Waals surface area contributed by atoms with Gasteiger partial charge in [0.05, 0.1) is 0 Å². The van der Waals surface area contributed by atoms with E-state index in [1.165, 1.54) is 6.42 Å². The molecule has 7 heteroatoms. The van der Waals surface area contributed by atoms with E-state index in [2.05, 4.69) is 15.5 Å². The van der Waals surface area contributed by atoms with Crippen LogP contribution >= 0.6 is 0 Å². The Bertz CT molecular complexity index is 901. The summed E-state index contributed by atoms with van der Waals surface area (Å²) in [5.74, 6) is 1.41. The zero-order valence-corrected chi connectivity index (χ0v) is 17.7. The van der Waals surface area contributed by atoms with Crippen LogP contribution < -0.4 is 5.32 Å². The summed E-state index contributed by atoms with van der Waals surface area (Å²) in [7, 11) is 0. The van der Waals surface area contributed by atoms with Gasteiger partial charge in [-0.1, -0.05) is 42.6 Å². The average molecular weight is 411 g/mol. The molecule has 160 valence electrons. The minimum absolute atomic E-state index is 0.0720. The molecule has 0 saturated heterocycles. The molecule has 1 N–H and O–H groups in total. The third kappa shape index (κ3) is 4.71. The maximum absolute atomic E-state index is 12.9. The van der Waals surface area contributed by atoms with Gasteiger partial charge in [0.25, 0.3) is 5.91 Å². The highest BCUT2D eigenvalue weighted by atomic mass is 16.5. The second kappa shape index (κ2) is 8.98. The van der Waals surface area contributed by atoms with Crippen LogP contribution in [-0.2, 0) is 17.8 Å². The lowest BCUT2D eigenvalue weighted by atomic mass is 9.71. The zero-order valence-electron chi connectivity index (χ0n) is 17.7. The van der Waals surface area contributed by atoms with Crippen LogP contribution in [0.3, 0.4) is 0 Å². The monoisotopic (exact) mass is 410 g/mol. The summed E-state index contributed by atoms with van der Waals surface area (Å²) in [5, 5.41) is 6.83. The van der Waals surface area contributed by atoms with Gasteiger partial charge < -0.3 is 14.7 Å². The van der Waals surface area contributed by atoms with Crippen molar-refractivity contribution in [2.75, 3.05) is 13.1 Å². The number of benzene rings is 1. The Kier molecular flexibility index (Phi) is 6.16. The lowest BCUT2D eigenvalue weighted by Crippen LogP contribution is -2.43. The number of carbonyl (C=O) groups excluding carboxylic acids is 2. The summed E-state index contributed by atoms with van der Waals surface area (Å²) in [4.78, 5) is 31.7. The van der Waals surface area contributed by atoms with Crippen molar-refractivity contribution < 1.29 is 14.1 Å². The van der Waals surface area contributed by atoms with E-state index >= 15 is 0 Å². The summed E-state index contributed by atoms with van der Waals surface area (Å²) in [6, 6.07) is 7.83. The van der Waals surface area contributed by atoms with E-state index in [4.69, 9.17) is 4.52 Å². The number of rotatable bonds is 8. The van der Waals surface area contributed by atoms with Crippen molar-refractivity contribution in [3.8, 4) is 0 Å². The molecule has 2 heterocycles. The van der Waals surface area contributed by atoms with Crippen LogP contribution in [0.15, 0.2) is 28.8 Å². The smallest absolute Gasteiger partial charge is 0.254 e. The average Bonchev–Trinajstić information content (AvgIpc) is 3.29. The van der Waals surface area contributed by atoms with Crippen molar-refractivity contribution in [3.63, 3.8) is 0 Å². The van der Waals surface area contributed by atoms with Crippen LogP contribution in [0.5, 0.6) is 0 Å². The van der Waals surface area contributed by atoms with Crippen molar-refractivity contribution in [3.05, 3.63) is 47.1 Å². The number of carbonyl (C=O) groups is 2. The van der Waals surface area contributed by atoms with Crippen molar-refractivity contribution >= 4 is 11.8 Å². The Morgan fingerprint density at radius 3 is 2.77 bits per heavy atom. The predicted molar refractivity (Wildman–Crippen MR) is 112 cm³/mol. The van der Waals surface area contributed by atoms with Gasteiger partial charge in [-0.05, 0) is 43.2 Å². The van der Waals surface area contributed by atoms with Gasteiger partial charge in [0, 0.05) is 38.0 Å². The van der Waals surface area contributed by atoms with E-state index in [0.29, 0.717) is 44.2 Å². The second-order valence-electron chi connectivity index (χ2n) is 8.74. The molecule has 30 heavy (non-hydrogen) atoms. The highest BCUT2D eigenvalue weighted by Crippen LogP contribution is 2.41. The SMILES string of the molecule is Cc1noc(CCCNC(=O)CC2(CN3Cc4ccccc4C3=O)CCCCC2)n1. The van der Waals surface area contributed by atoms with E-state index in [0.717, 1.165) is 43.2 Å². The van der Waals surface area contributed by atoms with Crippen LogP contribution in [0, 0.1) is 12.3 Å². The van der Waals surface area contributed by atoms with Gasteiger partial charge in [0.15, 0.2) is 5.82 Å². The third-order valence-corrected chi connectivity index (χ3v) is 6.33. The largest absolute Gasteiger partial charge is 0.356 e. The molecule has 1 saturated carbocycles. The quantitative estimate of drug-likeness (QED) is 0.674. The van der Waals surface area contributed by atoms with Gasteiger partial charge in [-0.2, -0.15) is 4.98 Å². The van der Waals surface area contributed by atoms with Gasteiger partial charge in [0.1, 0.15) is 0 Å². The molecular formula is C23H30N4O3. The summed E-state index contributed by atoms with van der Waals surface area (Å²) < 4.78 is 5.11. The Balaban J connectivity index is 1.32. The first-order valence-electron chi connectivity index (χ1n) is 11.0. The minimum atomic E-state index is -0.121. The number of hydrogen-bond acceptors (Lipinski definition) is 5.